The average molecular weight is 264 g/mol. The van der Waals surface area contributed by atoms with Gasteiger partial charge in [0.05, 0.1) is 5.69 Å². The van der Waals surface area contributed by atoms with E-state index in [2.05, 4.69) is 5.32 Å². The van der Waals surface area contributed by atoms with E-state index in [-0.39, 0.29) is 11.6 Å². The molecular formula is C13H13FN2O3. The monoisotopic (exact) mass is 264 g/mol. The van der Waals surface area contributed by atoms with Crippen molar-refractivity contribution in [2.24, 2.45) is 11.8 Å². The molecule has 1 unspecified atom stereocenters. The quantitative estimate of drug-likeness (QED) is 0.826. The number of halogens is 1. The van der Waals surface area contributed by atoms with E-state index in [1.807, 2.05) is 0 Å². The lowest BCUT2D eigenvalue weighted by atomic mass is 9.92. The highest BCUT2D eigenvalue weighted by molar-refractivity contribution is 6.27. The second-order valence-corrected chi connectivity index (χ2v) is 4.67. The number of barbiturate groups is 1. The van der Waals surface area contributed by atoms with Crippen LogP contribution in [0.3, 0.4) is 0 Å². The van der Waals surface area contributed by atoms with Gasteiger partial charge in [-0.25, -0.2) is 14.1 Å². The molecule has 1 saturated heterocycles. The predicted molar refractivity (Wildman–Crippen MR) is 65.8 cm³/mol. The standard InChI is InChI=1S/C13H13FN2O3/c1-7(2)10-11(17)15-13(19)16(12(10)18)9-5-3-8(14)4-6-9/h3-7,10H,1-2H3,(H,15,17,19). The molecule has 0 radical (unpaired) electrons. The molecule has 1 fully saturated rings. The molecular weight excluding hydrogens is 251 g/mol. The third-order valence-corrected chi connectivity index (χ3v) is 2.95. The molecule has 4 amide bonds. The molecule has 5 nitrogen and oxygen atoms in total. The number of nitrogens with zero attached hydrogens (tertiary/aromatic N) is 1. The Bertz CT molecular complexity index is 539. The highest BCUT2D eigenvalue weighted by atomic mass is 19.1. The van der Waals surface area contributed by atoms with Gasteiger partial charge in [0, 0.05) is 0 Å². The minimum Gasteiger partial charge on any atom is -0.277 e. The maximum absolute atomic E-state index is 12.9. The van der Waals surface area contributed by atoms with Crippen LogP contribution in [0.1, 0.15) is 13.8 Å². The zero-order valence-electron chi connectivity index (χ0n) is 10.5. The first-order chi connectivity index (χ1) is 8.91. The van der Waals surface area contributed by atoms with E-state index >= 15 is 0 Å². The summed E-state index contributed by atoms with van der Waals surface area (Å²) in [5, 5.41) is 2.14. The predicted octanol–water partition coefficient (Wildman–Crippen LogP) is 1.68. The summed E-state index contributed by atoms with van der Waals surface area (Å²) in [6, 6.07) is 4.13. The van der Waals surface area contributed by atoms with Crippen LogP contribution in [0.5, 0.6) is 0 Å². The van der Waals surface area contributed by atoms with E-state index in [4.69, 9.17) is 0 Å². The fraction of sp³-hybridized carbons (Fsp3) is 0.308. The largest absolute Gasteiger partial charge is 0.335 e. The number of rotatable bonds is 2. The van der Waals surface area contributed by atoms with Gasteiger partial charge in [-0.3, -0.25) is 14.9 Å². The highest BCUT2D eigenvalue weighted by Crippen LogP contribution is 2.24. The van der Waals surface area contributed by atoms with Crippen LogP contribution >= 0.6 is 0 Å². The van der Waals surface area contributed by atoms with Crippen LogP contribution in [0.4, 0.5) is 14.9 Å². The molecule has 1 N–H and O–H groups in total. The van der Waals surface area contributed by atoms with Crippen molar-refractivity contribution in [3.8, 4) is 0 Å². The first-order valence-electron chi connectivity index (χ1n) is 5.86. The molecule has 1 heterocycles. The van der Waals surface area contributed by atoms with E-state index < -0.39 is 29.6 Å². The van der Waals surface area contributed by atoms with Crippen molar-refractivity contribution in [2.45, 2.75) is 13.8 Å². The van der Waals surface area contributed by atoms with E-state index in [0.717, 1.165) is 17.0 Å². The maximum Gasteiger partial charge on any atom is 0.335 e. The second kappa shape index (κ2) is 4.79. The number of nitrogens with one attached hydrogen (secondary N) is 1. The lowest BCUT2D eigenvalue weighted by Gasteiger charge is -2.31. The second-order valence-electron chi connectivity index (χ2n) is 4.67. The van der Waals surface area contributed by atoms with Crippen molar-refractivity contribution >= 4 is 23.5 Å². The van der Waals surface area contributed by atoms with Crippen LogP contribution < -0.4 is 10.2 Å². The molecule has 0 saturated carbocycles. The number of amides is 4. The molecule has 1 aromatic carbocycles. The van der Waals surface area contributed by atoms with Gasteiger partial charge >= 0.3 is 6.03 Å². The number of imide groups is 2. The van der Waals surface area contributed by atoms with Crippen molar-refractivity contribution in [1.82, 2.24) is 5.32 Å². The van der Waals surface area contributed by atoms with Gasteiger partial charge in [-0.2, -0.15) is 0 Å². The van der Waals surface area contributed by atoms with Crippen LogP contribution in [0.15, 0.2) is 24.3 Å². The maximum atomic E-state index is 12.9. The Hall–Kier alpha value is -2.24. The van der Waals surface area contributed by atoms with E-state index in [9.17, 15) is 18.8 Å². The Morgan fingerprint density at radius 3 is 2.26 bits per heavy atom. The summed E-state index contributed by atoms with van der Waals surface area (Å²) in [5.41, 5.74) is 0.238. The summed E-state index contributed by atoms with van der Waals surface area (Å²) in [5.74, 6) is -2.80. The van der Waals surface area contributed by atoms with E-state index in [0.29, 0.717) is 0 Å². The number of urea groups is 1. The SMILES string of the molecule is CC(C)C1C(=O)NC(=O)N(c2ccc(F)cc2)C1=O. The fourth-order valence-electron chi connectivity index (χ4n) is 2.01. The molecule has 1 aliphatic rings. The van der Waals surface area contributed by atoms with Crippen molar-refractivity contribution in [3.05, 3.63) is 30.1 Å². The van der Waals surface area contributed by atoms with Gasteiger partial charge in [0.25, 0.3) is 0 Å². The van der Waals surface area contributed by atoms with Gasteiger partial charge in [-0.1, -0.05) is 13.8 Å². The van der Waals surface area contributed by atoms with Gasteiger partial charge in [-0.15, -0.1) is 0 Å². The molecule has 1 aliphatic heterocycles. The molecule has 2 rings (SSSR count). The molecule has 0 aliphatic carbocycles. The summed E-state index contributed by atoms with van der Waals surface area (Å²) >= 11 is 0. The topological polar surface area (TPSA) is 66.5 Å². The number of hydrogen-bond acceptors (Lipinski definition) is 3. The summed E-state index contributed by atoms with van der Waals surface area (Å²) in [6.45, 7) is 3.45. The number of hydrogen-bond donors (Lipinski definition) is 1. The minimum atomic E-state index is -0.914. The normalized spacial score (nSPS) is 19.9. The Kier molecular flexibility index (Phi) is 3.33. The van der Waals surface area contributed by atoms with Gasteiger partial charge in [0.2, 0.25) is 11.8 Å². The van der Waals surface area contributed by atoms with Crippen molar-refractivity contribution < 1.29 is 18.8 Å². The summed E-state index contributed by atoms with van der Waals surface area (Å²) < 4.78 is 12.9. The third-order valence-electron chi connectivity index (χ3n) is 2.95. The van der Waals surface area contributed by atoms with Crippen LogP contribution in [0.2, 0.25) is 0 Å². The number of anilines is 1. The molecule has 0 bridgehead atoms. The summed E-state index contributed by atoms with van der Waals surface area (Å²) in [7, 11) is 0. The van der Waals surface area contributed by atoms with Crippen molar-refractivity contribution in [2.75, 3.05) is 4.90 Å². The van der Waals surface area contributed by atoms with Gasteiger partial charge in [0.15, 0.2) is 0 Å². The Labute approximate surface area is 109 Å². The first-order valence-corrected chi connectivity index (χ1v) is 5.86. The zero-order valence-corrected chi connectivity index (χ0v) is 10.5. The number of carbonyl (C=O) groups is 3. The summed E-state index contributed by atoms with van der Waals surface area (Å²) in [6.07, 6.45) is 0. The molecule has 1 atom stereocenters. The third kappa shape index (κ3) is 2.33. The number of benzene rings is 1. The smallest absolute Gasteiger partial charge is 0.277 e. The Morgan fingerprint density at radius 2 is 1.74 bits per heavy atom. The zero-order chi connectivity index (χ0) is 14.2. The minimum absolute atomic E-state index is 0.233. The van der Waals surface area contributed by atoms with Crippen LogP contribution in [0, 0.1) is 17.7 Å². The Morgan fingerprint density at radius 1 is 1.16 bits per heavy atom. The van der Waals surface area contributed by atoms with Crippen molar-refractivity contribution in [1.29, 1.82) is 0 Å². The Balaban J connectivity index is 2.38. The molecule has 6 heteroatoms. The van der Waals surface area contributed by atoms with E-state index in [1.165, 1.54) is 12.1 Å². The molecule has 100 valence electrons. The lowest BCUT2D eigenvalue weighted by Crippen LogP contribution is -2.59. The van der Waals surface area contributed by atoms with E-state index in [1.54, 1.807) is 13.8 Å². The molecule has 19 heavy (non-hydrogen) atoms. The average Bonchev–Trinajstić information content (AvgIpc) is 2.30. The first kappa shape index (κ1) is 13.2. The molecule has 1 aromatic rings. The lowest BCUT2D eigenvalue weighted by molar-refractivity contribution is -0.136. The van der Waals surface area contributed by atoms with Gasteiger partial charge in [0.1, 0.15) is 11.7 Å². The number of carbonyl (C=O) groups excluding carboxylic acids is 3. The van der Waals surface area contributed by atoms with Crippen LogP contribution in [-0.4, -0.2) is 17.8 Å². The van der Waals surface area contributed by atoms with Crippen LogP contribution in [-0.2, 0) is 9.59 Å². The molecule has 0 aromatic heterocycles. The van der Waals surface area contributed by atoms with Crippen molar-refractivity contribution in [3.63, 3.8) is 0 Å². The summed E-state index contributed by atoms with van der Waals surface area (Å²) in [4.78, 5) is 36.5. The fourth-order valence-corrected chi connectivity index (χ4v) is 2.01. The highest BCUT2D eigenvalue weighted by Gasteiger charge is 2.42. The van der Waals surface area contributed by atoms with Gasteiger partial charge in [-0.05, 0) is 30.2 Å². The van der Waals surface area contributed by atoms with Crippen LogP contribution in [0.25, 0.3) is 0 Å². The van der Waals surface area contributed by atoms with Gasteiger partial charge < -0.3 is 0 Å². The molecule has 0 spiro atoms.